The molecule has 0 aliphatic heterocycles. The zero-order valence-corrected chi connectivity index (χ0v) is 7.49. The number of fused-ring (bicyclic) bond motifs is 1. The van der Waals surface area contributed by atoms with Crippen LogP contribution in [0, 0.1) is 0 Å². The van der Waals surface area contributed by atoms with Crippen molar-refractivity contribution in [2.75, 3.05) is 0 Å². The summed E-state index contributed by atoms with van der Waals surface area (Å²) >= 11 is 0. The zero-order chi connectivity index (χ0) is 9.38. The summed E-state index contributed by atoms with van der Waals surface area (Å²) in [5.74, 6) is 0. The van der Waals surface area contributed by atoms with Gasteiger partial charge in [0.25, 0.3) is 0 Å². The highest BCUT2D eigenvalue weighted by atomic mass is 14.9. The lowest BCUT2D eigenvalue weighted by Crippen LogP contribution is -1.79. The van der Waals surface area contributed by atoms with Gasteiger partial charge in [0.1, 0.15) is 0 Å². The second-order valence-electron chi connectivity index (χ2n) is 3.19. The number of hydrogen-bond acceptors (Lipinski definition) is 1. The molecule has 3 aromatic rings. The molecule has 2 heterocycles. The van der Waals surface area contributed by atoms with Gasteiger partial charge in [-0.05, 0) is 18.2 Å². The SMILES string of the molecule is c1c[nH]c(-c2cccc3[nH]cnc23)c1. The fourth-order valence-corrected chi connectivity index (χ4v) is 1.68. The normalized spacial score (nSPS) is 10.9. The van der Waals surface area contributed by atoms with E-state index < -0.39 is 0 Å². The van der Waals surface area contributed by atoms with Gasteiger partial charge in [-0.25, -0.2) is 4.98 Å². The first-order valence-electron chi connectivity index (χ1n) is 4.51. The van der Waals surface area contributed by atoms with Crippen LogP contribution in [0.5, 0.6) is 0 Å². The maximum Gasteiger partial charge on any atom is 0.0975 e. The molecule has 0 aliphatic rings. The van der Waals surface area contributed by atoms with Gasteiger partial charge in [0, 0.05) is 17.5 Å². The van der Waals surface area contributed by atoms with Gasteiger partial charge in [-0.2, -0.15) is 0 Å². The Morgan fingerprint density at radius 1 is 1.00 bits per heavy atom. The molecule has 0 saturated heterocycles. The second-order valence-corrected chi connectivity index (χ2v) is 3.19. The molecule has 0 aliphatic carbocycles. The molecular weight excluding hydrogens is 174 g/mol. The molecule has 2 aromatic heterocycles. The van der Waals surface area contributed by atoms with E-state index in [1.807, 2.05) is 30.5 Å². The molecule has 0 radical (unpaired) electrons. The summed E-state index contributed by atoms with van der Waals surface area (Å²) in [6.07, 6.45) is 3.64. The number of aromatic nitrogens is 3. The number of imidazole rings is 1. The molecule has 0 bridgehead atoms. The highest BCUT2D eigenvalue weighted by Gasteiger charge is 2.04. The lowest BCUT2D eigenvalue weighted by Gasteiger charge is -1.98. The minimum Gasteiger partial charge on any atom is -0.361 e. The number of para-hydroxylation sites is 1. The monoisotopic (exact) mass is 183 g/mol. The Hall–Kier alpha value is -2.03. The summed E-state index contributed by atoms with van der Waals surface area (Å²) in [7, 11) is 0. The smallest absolute Gasteiger partial charge is 0.0975 e. The Kier molecular flexibility index (Phi) is 1.44. The third kappa shape index (κ3) is 0.956. The van der Waals surface area contributed by atoms with Crippen molar-refractivity contribution in [2.24, 2.45) is 0 Å². The fraction of sp³-hybridized carbons (Fsp3) is 0. The Morgan fingerprint density at radius 3 is 2.86 bits per heavy atom. The number of hydrogen-bond donors (Lipinski definition) is 2. The zero-order valence-electron chi connectivity index (χ0n) is 7.49. The van der Waals surface area contributed by atoms with E-state index in [0.717, 1.165) is 22.3 Å². The third-order valence-corrected chi connectivity index (χ3v) is 2.34. The maximum atomic E-state index is 4.30. The molecule has 0 atom stereocenters. The summed E-state index contributed by atoms with van der Waals surface area (Å²) in [6.45, 7) is 0. The molecule has 0 amide bonds. The number of rotatable bonds is 1. The predicted octanol–water partition coefficient (Wildman–Crippen LogP) is 2.56. The lowest BCUT2D eigenvalue weighted by molar-refractivity contribution is 1.34. The maximum absolute atomic E-state index is 4.30. The minimum absolute atomic E-state index is 1.01. The minimum atomic E-state index is 1.01. The average molecular weight is 183 g/mol. The molecule has 2 N–H and O–H groups in total. The molecule has 0 spiro atoms. The van der Waals surface area contributed by atoms with Crippen LogP contribution in [0.25, 0.3) is 22.3 Å². The fourth-order valence-electron chi connectivity index (χ4n) is 1.68. The van der Waals surface area contributed by atoms with Crippen molar-refractivity contribution in [1.82, 2.24) is 15.0 Å². The Bertz CT molecular complexity index is 549. The van der Waals surface area contributed by atoms with Crippen molar-refractivity contribution in [2.45, 2.75) is 0 Å². The van der Waals surface area contributed by atoms with Gasteiger partial charge in [0.2, 0.25) is 0 Å². The van der Waals surface area contributed by atoms with E-state index in [1.54, 1.807) is 6.33 Å². The summed E-state index contributed by atoms with van der Waals surface area (Å²) in [5.41, 5.74) is 4.31. The number of nitrogens with one attached hydrogen (secondary N) is 2. The van der Waals surface area contributed by atoms with Crippen LogP contribution in [0.2, 0.25) is 0 Å². The van der Waals surface area contributed by atoms with Crippen molar-refractivity contribution >= 4 is 11.0 Å². The number of H-pyrrole nitrogens is 2. The van der Waals surface area contributed by atoms with E-state index >= 15 is 0 Å². The van der Waals surface area contributed by atoms with Crippen LogP contribution in [-0.4, -0.2) is 15.0 Å². The van der Waals surface area contributed by atoms with Gasteiger partial charge in [-0.15, -0.1) is 0 Å². The van der Waals surface area contributed by atoms with Gasteiger partial charge < -0.3 is 9.97 Å². The molecule has 0 unspecified atom stereocenters. The summed E-state index contributed by atoms with van der Waals surface area (Å²) in [4.78, 5) is 10.6. The molecule has 3 heteroatoms. The summed E-state index contributed by atoms with van der Waals surface area (Å²) in [6, 6.07) is 10.1. The van der Waals surface area contributed by atoms with Crippen LogP contribution in [0.15, 0.2) is 42.9 Å². The van der Waals surface area contributed by atoms with Crippen LogP contribution < -0.4 is 0 Å². The number of nitrogens with zero attached hydrogens (tertiary/aromatic N) is 1. The van der Waals surface area contributed by atoms with Gasteiger partial charge in [-0.3, -0.25) is 0 Å². The van der Waals surface area contributed by atoms with Gasteiger partial charge in [0.15, 0.2) is 0 Å². The van der Waals surface area contributed by atoms with Crippen molar-refractivity contribution in [3.8, 4) is 11.3 Å². The molecule has 3 nitrogen and oxygen atoms in total. The Balaban J connectivity index is 2.36. The lowest BCUT2D eigenvalue weighted by atomic mass is 10.1. The van der Waals surface area contributed by atoms with Gasteiger partial charge in [0.05, 0.1) is 17.4 Å². The predicted molar refractivity (Wildman–Crippen MR) is 55.9 cm³/mol. The van der Waals surface area contributed by atoms with Crippen molar-refractivity contribution < 1.29 is 0 Å². The molecule has 3 rings (SSSR count). The van der Waals surface area contributed by atoms with E-state index in [9.17, 15) is 0 Å². The van der Waals surface area contributed by atoms with Crippen molar-refractivity contribution in [1.29, 1.82) is 0 Å². The van der Waals surface area contributed by atoms with Crippen LogP contribution >= 0.6 is 0 Å². The second kappa shape index (κ2) is 2.73. The van der Waals surface area contributed by atoms with Crippen LogP contribution in [0.1, 0.15) is 0 Å². The van der Waals surface area contributed by atoms with Crippen LogP contribution in [0.4, 0.5) is 0 Å². The first-order valence-corrected chi connectivity index (χ1v) is 4.51. The number of benzene rings is 1. The Labute approximate surface area is 80.8 Å². The van der Waals surface area contributed by atoms with Crippen molar-refractivity contribution in [3.63, 3.8) is 0 Å². The van der Waals surface area contributed by atoms with E-state index in [4.69, 9.17) is 0 Å². The average Bonchev–Trinajstić information content (AvgIpc) is 2.88. The van der Waals surface area contributed by atoms with Gasteiger partial charge >= 0.3 is 0 Å². The Morgan fingerprint density at radius 2 is 2.00 bits per heavy atom. The molecule has 0 fully saturated rings. The quantitative estimate of drug-likeness (QED) is 0.598. The molecule has 1 aromatic carbocycles. The molecule has 14 heavy (non-hydrogen) atoms. The standard InChI is InChI=1S/C11H9N3/c1-3-8(9-5-2-6-12-9)11-10(4-1)13-7-14-11/h1-7,12H,(H,13,14). The van der Waals surface area contributed by atoms with Crippen LogP contribution in [0.3, 0.4) is 0 Å². The number of aromatic amines is 2. The van der Waals surface area contributed by atoms with Crippen molar-refractivity contribution in [3.05, 3.63) is 42.9 Å². The molecule has 68 valence electrons. The third-order valence-electron chi connectivity index (χ3n) is 2.34. The van der Waals surface area contributed by atoms with Crippen LogP contribution in [-0.2, 0) is 0 Å². The van der Waals surface area contributed by atoms with E-state index in [1.165, 1.54) is 0 Å². The van der Waals surface area contributed by atoms with E-state index in [-0.39, 0.29) is 0 Å². The highest BCUT2D eigenvalue weighted by molar-refractivity contribution is 5.90. The first kappa shape index (κ1) is 7.38. The largest absolute Gasteiger partial charge is 0.361 e. The van der Waals surface area contributed by atoms with E-state index in [2.05, 4.69) is 21.0 Å². The van der Waals surface area contributed by atoms with Gasteiger partial charge in [-0.1, -0.05) is 12.1 Å². The first-order chi connectivity index (χ1) is 6.95. The summed E-state index contributed by atoms with van der Waals surface area (Å²) < 4.78 is 0. The summed E-state index contributed by atoms with van der Waals surface area (Å²) in [5, 5.41) is 0. The highest BCUT2D eigenvalue weighted by Crippen LogP contribution is 2.24. The topological polar surface area (TPSA) is 44.5 Å². The molecule has 0 saturated carbocycles. The molecular formula is C11H9N3. The van der Waals surface area contributed by atoms with E-state index in [0.29, 0.717) is 0 Å².